The number of unbranched alkanes of at least 4 members (excludes halogenated alkanes) is 1. The average molecular weight is 472 g/mol. The van der Waals surface area contributed by atoms with E-state index in [2.05, 4.69) is 48.0 Å². The lowest BCUT2D eigenvalue weighted by Gasteiger charge is -2.22. The van der Waals surface area contributed by atoms with Gasteiger partial charge in [-0.15, -0.1) is 0 Å². The molecule has 1 unspecified atom stereocenters. The fourth-order valence-electron chi connectivity index (χ4n) is 3.98. The summed E-state index contributed by atoms with van der Waals surface area (Å²) in [6.45, 7) is 4.92. The topological polar surface area (TPSA) is 58.0 Å². The van der Waals surface area contributed by atoms with Crippen LogP contribution in [0, 0.1) is 11.8 Å². The quantitative estimate of drug-likeness (QED) is 0.359. The van der Waals surface area contributed by atoms with Crippen LogP contribution >= 0.6 is 0 Å². The standard InChI is InChI=1S/C29H33N3O3/c1-4-5-20-34-26-13-6-22(7-14-26)8-15-27-16-17-28(35-27)29(33)30-23-9-11-24(12-10-23)32-19-18-25(21-32)31(2)3/h6-7,9-14,16-17,25H,4-5,18-21H2,1-3H3,(H,30,33). The molecule has 4 rings (SSSR count). The Hall–Kier alpha value is -3.69. The van der Waals surface area contributed by atoms with Gasteiger partial charge in [0.05, 0.1) is 6.61 Å². The van der Waals surface area contributed by atoms with E-state index < -0.39 is 0 Å². The van der Waals surface area contributed by atoms with Gasteiger partial charge in [-0.3, -0.25) is 4.79 Å². The van der Waals surface area contributed by atoms with Crippen molar-refractivity contribution in [3.63, 3.8) is 0 Å². The molecule has 1 aromatic heterocycles. The first-order valence-electron chi connectivity index (χ1n) is 12.2. The van der Waals surface area contributed by atoms with E-state index in [1.807, 2.05) is 48.5 Å². The van der Waals surface area contributed by atoms with Gasteiger partial charge in [0.2, 0.25) is 0 Å². The highest BCUT2D eigenvalue weighted by molar-refractivity contribution is 6.02. The normalized spacial score (nSPS) is 15.1. The van der Waals surface area contributed by atoms with Crippen LogP contribution in [-0.4, -0.2) is 50.6 Å². The molecule has 3 aromatic rings. The van der Waals surface area contributed by atoms with E-state index in [1.165, 1.54) is 5.69 Å². The van der Waals surface area contributed by atoms with Gasteiger partial charge in [-0.25, -0.2) is 0 Å². The summed E-state index contributed by atoms with van der Waals surface area (Å²) in [5.41, 5.74) is 2.75. The van der Waals surface area contributed by atoms with Crippen molar-refractivity contribution in [3.05, 3.63) is 77.7 Å². The van der Waals surface area contributed by atoms with Gasteiger partial charge in [0.25, 0.3) is 5.91 Å². The smallest absolute Gasteiger partial charge is 0.291 e. The molecule has 1 aliphatic heterocycles. The summed E-state index contributed by atoms with van der Waals surface area (Å²) in [6, 6.07) is 19.5. The van der Waals surface area contributed by atoms with Gasteiger partial charge in [-0.2, -0.15) is 0 Å². The van der Waals surface area contributed by atoms with E-state index in [-0.39, 0.29) is 11.7 Å². The van der Waals surface area contributed by atoms with Gasteiger partial charge in [-0.1, -0.05) is 19.3 Å². The van der Waals surface area contributed by atoms with Crippen molar-refractivity contribution in [1.29, 1.82) is 0 Å². The Bertz CT molecular complexity index is 1170. The molecular weight excluding hydrogens is 438 g/mol. The lowest BCUT2D eigenvalue weighted by Crippen LogP contribution is -2.31. The Kier molecular flexibility index (Phi) is 8.12. The molecule has 0 radical (unpaired) electrons. The number of furan rings is 1. The minimum Gasteiger partial charge on any atom is -0.494 e. The predicted octanol–water partition coefficient (Wildman–Crippen LogP) is 5.25. The summed E-state index contributed by atoms with van der Waals surface area (Å²) in [5.74, 6) is 7.25. The lowest BCUT2D eigenvalue weighted by atomic mass is 10.2. The first kappa shape index (κ1) is 24.4. The largest absolute Gasteiger partial charge is 0.494 e. The first-order chi connectivity index (χ1) is 17.0. The Morgan fingerprint density at radius 1 is 1.09 bits per heavy atom. The summed E-state index contributed by atoms with van der Waals surface area (Å²) in [6.07, 6.45) is 3.31. The number of rotatable bonds is 8. The highest BCUT2D eigenvalue weighted by Crippen LogP contribution is 2.24. The molecule has 1 aliphatic rings. The zero-order chi connectivity index (χ0) is 24.6. The Morgan fingerprint density at radius 2 is 1.86 bits per heavy atom. The van der Waals surface area contributed by atoms with Crippen LogP contribution < -0.4 is 15.0 Å². The maximum atomic E-state index is 12.6. The molecule has 0 aliphatic carbocycles. The number of anilines is 2. The van der Waals surface area contributed by atoms with Crippen molar-refractivity contribution in [2.75, 3.05) is 44.0 Å². The zero-order valence-electron chi connectivity index (χ0n) is 20.7. The zero-order valence-corrected chi connectivity index (χ0v) is 20.7. The summed E-state index contributed by atoms with van der Waals surface area (Å²) < 4.78 is 11.3. The number of amides is 1. The Labute approximate surface area is 207 Å². The fourth-order valence-corrected chi connectivity index (χ4v) is 3.98. The second kappa shape index (κ2) is 11.6. The molecule has 1 atom stereocenters. The van der Waals surface area contributed by atoms with Crippen LogP contribution in [0.15, 0.2) is 65.1 Å². The second-order valence-corrected chi connectivity index (χ2v) is 8.99. The van der Waals surface area contributed by atoms with Crippen molar-refractivity contribution < 1.29 is 13.9 Å². The van der Waals surface area contributed by atoms with Crippen molar-refractivity contribution in [1.82, 2.24) is 4.90 Å². The van der Waals surface area contributed by atoms with E-state index in [0.717, 1.165) is 56.0 Å². The van der Waals surface area contributed by atoms with Crippen LogP contribution in [0.4, 0.5) is 11.4 Å². The van der Waals surface area contributed by atoms with E-state index in [1.54, 1.807) is 12.1 Å². The van der Waals surface area contributed by atoms with Gasteiger partial charge in [-0.05, 0) is 93.5 Å². The number of nitrogens with one attached hydrogen (secondary N) is 1. The number of ether oxygens (including phenoxy) is 1. The second-order valence-electron chi connectivity index (χ2n) is 8.99. The van der Waals surface area contributed by atoms with Crippen LogP contribution in [0.3, 0.4) is 0 Å². The highest BCUT2D eigenvalue weighted by atomic mass is 16.5. The van der Waals surface area contributed by atoms with Gasteiger partial charge in [0, 0.05) is 36.1 Å². The minimum atomic E-state index is -0.298. The summed E-state index contributed by atoms with van der Waals surface area (Å²) in [7, 11) is 4.25. The number of likely N-dealkylation sites (N-methyl/N-ethyl adjacent to an activating group) is 1. The first-order valence-corrected chi connectivity index (χ1v) is 12.2. The van der Waals surface area contributed by atoms with Gasteiger partial charge >= 0.3 is 0 Å². The highest BCUT2D eigenvalue weighted by Gasteiger charge is 2.24. The van der Waals surface area contributed by atoms with E-state index in [4.69, 9.17) is 9.15 Å². The van der Waals surface area contributed by atoms with Crippen LogP contribution in [0.1, 0.15) is 48.1 Å². The lowest BCUT2D eigenvalue weighted by molar-refractivity contribution is 0.0996. The molecule has 1 N–H and O–H groups in total. The third-order valence-electron chi connectivity index (χ3n) is 6.16. The summed E-state index contributed by atoms with van der Waals surface area (Å²) in [5, 5.41) is 2.90. The minimum absolute atomic E-state index is 0.228. The number of carbonyl (C=O) groups excluding carboxylic acids is 1. The van der Waals surface area contributed by atoms with Crippen LogP contribution in [-0.2, 0) is 0 Å². The number of carbonyl (C=O) groups is 1. The average Bonchev–Trinajstić information content (AvgIpc) is 3.55. The van der Waals surface area contributed by atoms with Crippen LogP contribution in [0.25, 0.3) is 0 Å². The molecule has 0 spiro atoms. The van der Waals surface area contributed by atoms with Gasteiger partial charge in [0.15, 0.2) is 11.5 Å². The molecule has 0 saturated carbocycles. The van der Waals surface area contributed by atoms with Gasteiger partial charge < -0.3 is 24.3 Å². The molecule has 0 bridgehead atoms. The van der Waals surface area contributed by atoms with E-state index in [9.17, 15) is 4.79 Å². The number of hydrogen-bond donors (Lipinski definition) is 1. The monoisotopic (exact) mass is 471 g/mol. The Balaban J connectivity index is 1.31. The summed E-state index contributed by atoms with van der Waals surface area (Å²) >= 11 is 0. The van der Waals surface area contributed by atoms with Crippen LogP contribution in [0.2, 0.25) is 0 Å². The molecule has 6 nitrogen and oxygen atoms in total. The van der Waals surface area contributed by atoms with Crippen molar-refractivity contribution in [2.24, 2.45) is 0 Å². The number of hydrogen-bond acceptors (Lipinski definition) is 5. The van der Waals surface area contributed by atoms with Crippen LogP contribution in [0.5, 0.6) is 5.75 Å². The van der Waals surface area contributed by atoms with Gasteiger partial charge in [0.1, 0.15) is 5.75 Å². The van der Waals surface area contributed by atoms with Crippen molar-refractivity contribution in [3.8, 4) is 17.6 Å². The SMILES string of the molecule is CCCCOc1ccc(C#Cc2ccc(C(=O)Nc3ccc(N4CCC(N(C)C)C4)cc3)o2)cc1. The molecule has 6 heteroatoms. The maximum Gasteiger partial charge on any atom is 0.291 e. The summed E-state index contributed by atoms with van der Waals surface area (Å²) in [4.78, 5) is 17.3. The maximum absolute atomic E-state index is 12.6. The third kappa shape index (κ3) is 6.68. The number of nitrogens with zero attached hydrogens (tertiary/aromatic N) is 2. The molecule has 182 valence electrons. The predicted molar refractivity (Wildman–Crippen MR) is 140 cm³/mol. The molecular formula is C29H33N3O3. The molecule has 1 saturated heterocycles. The van der Waals surface area contributed by atoms with Crippen molar-refractivity contribution in [2.45, 2.75) is 32.2 Å². The molecule has 2 aromatic carbocycles. The Morgan fingerprint density at radius 3 is 2.54 bits per heavy atom. The number of benzene rings is 2. The molecule has 35 heavy (non-hydrogen) atoms. The molecule has 2 heterocycles. The molecule has 1 amide bonds. The molecule has 1 fully saturated rings. The third-order valence-corrected chi connectivity index (χ3v) is 6.16. The van der Waals surface area contributed by atoms with Crippen molar-refractivity contribution >= 4 is 17.3 Å². The van der Waals surface area contributed by atoms with E-state index in [0.29, 0.717) is 11.8 Å². The van der Waals surface area contributed by atoms with E-state index >= 15 is 0 Å². The fraction of sp³-hybridized carbons (Fsp3) is 0.345.